The normalized spacial score (nSPS) is 13.3. The van der Waals surface area contributed by atoms with Crippen LogP contribution in [0.4, 0.5) is 22.9 Å². The molecule has 3 N–H and O–H groups in total. The molecule has 0 fully saturated rings. The third kappa shape index (κ3) is 3.11. The van der Waals surface area contributed by atoms with Gasteiger partial charge >= 0.3 is 0 Å². The van der Waals surface area contributed by atoms with E-state index in [1.165, 1.54) is 0 Å². The number of aromatic nitrogens is 1. The molecule has 3 rings (SSSR count). The molecule has 2 amide bonds. The molecular weight excluding hydrogens is 326 g/mol. The number of hydrogen-bond acceptors (Lipinski definition) is 6. The van der Waals surface area contributed by atoms with Crippen LogP contribution in [0.25, 0.3) is 0 Å². The minimum Gasteiger partial charge on any atom is -0.365 e. The van der Waals surface area contributed by atoms with Gasteiger partial charge in [0.15, 0.2) is 0 Å². The Kier molecular flexibility index (Phi) is 4.05. The van der Waals surface area contributed by atoms with Crippen molar-refractivity contribution in [3.63, 3.8) is 0 Å². The molecule has 0 aliphatic carbocycles. The van der Waals surface area contributed by atoms with Gasteiger partial charge in [0.1, 0.15) is 12.0 Å². The fourth-order valence-electron chi connectivity index (χ4n) is 2.71. The fourth-order valence-corrected chi connectivity index (χ4v) is 2.71. The van der Waals surface area contributed by atoms with E-state index in [4.69, 9.17) is 5.73 Å². The first kappa shape index (κ1) is 16.4. The van der Waals surface area contributed by atoms with Crippen molar-refractivity contribution in [3.8, 4) is 0 Å². The van der Waals surface area contributed by atoms with Gasteiger partial charge in [0.2, 0.25) is 5.91 Å². The highest BCUT2D eigenvalue weighted by atomic mass is 16.6. The second kappa shape index (κ2) is 6.19. The summed E-state index contributed by atoms with van der Waals surface area (Å²) in [6.45, 7) is 0. The van der Waals surface area contributed by atoms with Crippen LogP contribution in [-0.2, 0) is 11.2 Å². The molecular formula is C16H15N5O4. The van der Waals surface area contributed by atoms with Crippen molar-refractivity contribution in [2.45, 2.75) is 12.8 Å². The van der Waals surface area contributed by atoms with Gasteiger partial charge in [-0.2, -0.15) is 0 Å². The average molecular weight is 341 g/mol. The summed E-state index contributed by atoms with van der Waals surface area (Å²) in [6.07, 6.45) is 2.10. The van der Waals surface area contributed by atoms with Crippen LogP contribution in [0.5, 0.6) is 0 Å². The highest BCUT2D eigenvalue weighted by molar-refractivity contribution is 5.99. The van der Waals surface area contributed by atoms with Crippen molar-refractivity contribution in [2.75, 3.05) is 17.3 Å². The summed E-state index contributed by atoms with van der Waals surface area (Å²) in [5.74, 6) is -0.624. The summed E-state index contributed by atoms with van der Waals surface area (Å²) in [4.78, 5) is 39.0. The van der Waals surface area contributed by atoms with Crippen LogP contribution in [0, 0.1) is 10.1 Å². The van der Waals surface area contributed by atoms with E-state index in [9.17, 15) is 19.7 Å². The molecule has 0 saturated carbocycles. The zero-order chi connectivity index (χ0) is 18.1. The molecule has 0 spiro atoms. The average Bonchev–Trinajstić information content (AvgIpc) is 2.58. The second-order valence-electron chi connectivity index (χ2n) is 5.63. The van der Waals surface area contributed by atoms with Crippen LogP contribution in [-0.4, -0.2) is 28.8 Å². The van der Waals surface area contributed by atoms with Crippen LogP contribution < -0.4 is 16.0 Å². The highest BCUT2D eigenvalue weighted by Gasteiger charge is 2.21. The molecule has 0 saturated heterocycles. The van der Waals surface area contributed by atoms with E-state index in [0.29, 0.717) is 18.5 Å². The number of primary amides is 1. The number of benzene rings is 1. The quantitative estimate of drug-likeness (QED) is 0.643. The summed E-state index contributed by atoms with van der Waals surface area (Å²) >= 11 is 0. The van der Waals surface area contributed by atoms with Crippen molar-refractivity contribution in [1.29, 1.82) is 0 Å². The van der Waals surface area contributed by atoms with E-state index in [1.54, 1.807) is 24.1 Å². The summed E-state index contributed by atoms with van der Waals surface area (Å²) in [5, 5.41) is 13.8. The summed E-state index contributed by atoms with van der Waals surface area (Å²) in [6, 6.07) is 6.47. The number of nitro groups is 1. The molecule has 9 heteroatoms. The van der Waals surface area contributed by atoms with Crippen molar-refractivity contribution >= 4 is 34.7 Å². The number of carbonyl (C=O) groups is 2. The molecule has 0 bridgehead atoms. The Balaban J connectivity index is 1.94. The molecule has 0 radical (unpaired) electrons. The van der Waals surface area contributed by atoms with E-state index < -0.39 is 10.8 Å². The molecule has 2 aromatic rings. The maximum atomic E-state index is 11.7. The Labute approximate surface area is 142 Å². The summed E-state index contributed by atoms with van der Waals surface area (Å²) in [7, 11) is 1.72. The van der Waals surface area contributed by atoms with Crippen LogP contribution in [0.2, 0.25) is 0 Å². The van der Waals surface area contributed by atoms with Crippen LogP contribution >= 0.6 is 0 Å². The van der Waals surface area contributed by atoms with E-state index in [-0.39, 0.29) is 23.0 Å². The van der Waals surface area contributed by atoms with Crippen molar-refractivity contribution in [2.24, 2.45) is 5.73 Å². The molecule has 1 aromatic carbocycles. The maximum absolute atomic E-state index is 11.7. The molecule has 2 heterocycles. The first-order valence-corrected chi connectivity index (χ1v) is 7.47. The van der Waals surface area contributed by atoms with Crippen LogP contribution in [0.1, 0.15) is 22.3 Å². The number of fused-ring (bicyclic) bond motifs is 1. The third-order valence-electron chi connectivity index (χ3n) is 4.04. The van der Waals surface area contributed by atoms with Crippen molar-refractivity contribution in [1.82, 2.24) is 4.98 Å². The first-order valence-electron chi connectivity index (χ1n) is 7.47. The number of carbonyl (C=O) groups excluding carboxylic acids is 2. The van der Waals surface area contributed by atoms with E-state index >= 15 is 0 Å². The standard InChI is InChI=1S/C16H15N5O4/c1-20-13-4-3-10(6-9(13)2-5-14(20)22)19-16-12(15(17)23)7-11(8-18-16)21(24)25/h3-4,6-8H,2,5H2,1H3,(H2,17,23)(H,18,19). The van der Waals surface area contributed by atoms with Gasteiger partial charge in [-0.3, -0.25) is 19.7 Å². The number of aryl methyl sites for hydroxylation is 1. The molecule has 1 aliphatic rings. The number of rotatable bonds is 4. The minimum atomic E-state index is -0.818. The number of nitrogens with one attached hydrogen (secondary N) is 1. The van der Waals surface area contributed by atoms with Gasteiger partial charge in [0, 0.05) is 30.9 Å². The first-order chi connectivity index (χ1) is 11.9. The highest BCUT2D eigenvalue weighted by Crippen LogP contribution is 2.31. The number of hydrogen-bond donors (Lipinski definition) is 2. The van der Waals surface area contributed by atoms with Crippen LogP contribution in [0.3, 0.4) is 0 Å². The molecule has 9 nitrogen and oxygen atoms in total. The van der Waals surface area contributed by atoms with E-state index in [1.807, 2.05) is 6.07 Å². The lowest BCUT2D eigenvalue weighted by atomic mass is 10.0. The Morgan fingerprint density at radius 2 is 2.12 bits per heavy atom. The Hall–Kier alpha value is -3.49. The predicted octanol–water partition coefficient (Wildman–Crippen LogP) is 1.74. The number of nitrogens with zero attached hydrogens (tertiary/aromatic N) is 3. The SMILES string of the molecule is CN1C(=O)CCc2cc(Nc3ncc([N+](=O)[O-])cc3C(N)=O)ccc21. The van der Waals surface area contributed by atoms with Crippen LogP contribution in [0.15, 0.2) is 30.5 Å². The van der Waals surface area contributed by atoms with Gasteiger partial charge in [-0.25, -0.2) is 4.98 Å². The number of amides is 2. The fraction of sp³-hybridized carbons (Fsp3) is 0.188. The Morgan fingerprint density at radius 1 is 1.36 bits per heavy atom. The third-order valence-corrected chi connectivity index (χ3v) is 4.04. The molecule has 128 valence electrons. The largest absolute Gasteiger partial charge is 0.365 e. The van der Waals surface area contributed by atoms with Gasteiger partial charge < -0.3 is 16.0 Å². The summed E-state index contributed by atoms with van der Waals surface area (Å²) in [5.41, 5.74) is 7.36. The van der Waals surface area contributed by atoms with Crippen molar-refractivity contribution < 1.29 is 14.5 Å². The Bertz CT molecular complexity index is 896. The topological polar surface area (TPSA) is 131 Å². The van der Waals surface area contributed by atoms with Crippen molar-refractivity contribution in [3.05, 3.63) is 51.7 Å². The van der Waals surface area contributed by atoms with Gasteiger partial charge in [-0.05, 0) is 30.2 Å². The molecule has 1 aliphatic heterocycles. The lowest BCUT2D eigenvalue weighted by molar-refractivity contribution is -0.385. The zero-order valence-corrected chi connectivity index (χ0v) is 13.4. The molecule has 0 unspecified atom stereocenters. The number of pyridine rings is 1. The van der Waals surface area contributed by atoms with Gasteiger partial charge in [-0.15, -0.1) is 0 Å². The van der Waals surface area contributed by atoms with Gasteiger partial charge in [-0.1, -0.05) is 0 Å². The number of nitrogens with two attached hydrogens (primary N) is 1. The predicted molar refractivity (Wildman–Crippen MR) is 90.9 cm³/mol. The number of anilines is 3. The summed E-state index contributed by atoms with van der Waals surface area (Å²) < 4.78 is 0. The maximum Gasteiger partial charge on any atom is 0.288 e. The lowest BCUT2D eigenvalue weighted by Crippen LogP contribution is -2.31. The van der Waals surface area contributed by atoms with E-state index in [0.717, 1.165) is 23.5 Å². The monoisotopic (exact) mass is 341 g/mol. The van der Waals surface area contributed by atoms with E-state index in [2.05, 4.69) is 10.3 Å². The molecule has 25 heavy (non-hydrogen) atoms. The Morgan fingerprint density at radius 3 is 2.80 bits per heavy atom. The zero-order valence-electron chi connectivity index (χ0n) is 13.4. The van der Waals surface area contributed by atoms with Gasteiger partial charge in [0.05, 0.1) is 10.5 Å². The molecule has 0 atom stereocenters. The lowest BCUT2D eigenvalue weighted by Gasteiger charge is -2.26. The van der Waals surface area contributed by atoms with Gasteiger partial charge in [0.25, 0.3) is 11.6 Å². The molecule has 1 aromatic heterocycles. The minimum absolute atomic E-state index is 0.0567. The second-order valence-corrected chi connectivity index (χ2v) is 5.63. The smallest absolute Gasteiger partial charge is 0.288 e.